The van der Waals surface area contributed by atoms with Gasteiger partial charge in [-0.25, -0.2) is 0 Å². The highest BCUT2D eigenvalue weighted by molar-refractivity contribution is 7.13. The lowest BCUT2D eigenvalue weighted by Gasteiger charge is -2.02. The quantitative estimate of drug-likeness (QED) is 0.836. The zero-order valence-corrected chi connectivity index (χ0v) is 9.55. The smallest absolute Gasteiger partial charge is 0.0696 e. The third-order valence-corrected chi connectivity index (χ3v) is 3.55. The first-order valence-corrected chi connectivity index (χ1v) is 5.99. The molecule has 0 radical (unpaired) electrons. The van der Waals surface area contributed by atoms with Crippen molar-refractivity contribution in [2.24, 2.45) is 0 Å². The molecule has 1 heterocycles. The monoisotopic (exact) mass is 218 g/mol. The number of aliphatic hydroxyl groups is 1. The molecule has 0 saturated heterocycles. The number of aliphatic hydroxyl groups excluding tert-OH is 1. The van der Waals surface area contributed by atoms with Gasteiger partial charge in [0.05, 0.1) is 6.61 Å². The van der Waals surface area contributed by atoms with Crippen LogP contribution in [0.3, 0.4) is 0 Å². The Hall–Kier alpha value is -1.12. The molecule has 78 valence electrons. The SMILES string of the molecule is CCc1ccc(-c2sccc2CO)cc1. The largest absolute Gasteiger partial charge is 0.392 e. The summed E-state index contributed by atoms with van der Waals surface area (Å²) in [4.78, 5) is 1.18. The van der Waals surface area contributed by atoms with Crippen LogP contribution in [0.15, 0.2) is 35.7 Å². The molecule has 0 aliphatic rings. The van der Waals surface area contributed by atoms with E-state index in [1.807, 2.05) is 11.4 Å². The summed E-state index contributed by atoms with van der Waals surface area (Å²) in [5, 5.41) is 11.2. The third-order valence-electron chi connectivity index (χ3n) is 2.54. The highest BCUT2D eigenvalue weighted by Gasteiger charge is 2.05. The van der Waals surface area contributed by atoms with Crippen LogP contribution in [0, 0.1) is 0 Å². The first-order valence-electron chi connectivity index (χ1n) is 5.11. The van der Waals surface area contributed by atoms with Gasteiger partial charge in [-0.3, -0.25) is 0 Å². The summed E-state index contributed by atoms with van der Waals surface area (Å²) in [7, 11) is 0. The van der Waals surface area contributed by atoms with E-state index in [2.05, 4.69) is 31.2 Å². The van der Waals surface area contributed by atoms with Crippen LogP contribution < -0.4 is 0 Å². The number of benzene rings is 1. The molecule has 0 atom stereocenters. The fraction of sp³-hybridized carbons (Fsp3) is 0.231. The molecule has 2 heteroatoms. The standard InChI is InChI=1S/C13H14OS/c1-2-10-3-5-11(6-4-10)13-12(9-14)7-8-15-13/h3-8,14H,2,9H2,1H3. The predicted molar refractivity (Wildman–Crippen MR) is 65.1 cm³/mol. The molecule has 0 aliphatic heterocycles. The summed E-state index contributed by atoms with van der Waals surface area (Å²) in [5.74, 6) is 0. The van der Waals surface area contributed by atoms with Crippen molar-refractivity contribution in [1.29, 1.82) is 0 Å². The van der Waals surface area contributed by atoms with E-state index in [0.29, 0.717) is 0 Å². The predicted octanol–water partition coefficient (Wildman–Crippen LogP) is 3.47. The Morgan fingerprint density at radius 1 is 1.13 bits per heavy atom. The molecule has 0 bridgehead atoms. The van der Waals surface area contributed by atoms with Gasteiger partial charge >= 0.3 is 0 Å². The molecular weight excluding hydrogens is 204 g/mol. The number of rotatable bonds is 3. The molecule has 0 unspecified atom stereocenters. The van der Waals surface area contributed by atoms with Crippen LogP contribution in [0.1, 0.15) is 18.1 Å². The molecule has 2 aromatic rings. The van der Waals surface area contributed by atoms with E-state index < -0.39 is 0 Å². The van der Waals surface area contributed by atoms with Gasteiger partial charge in [0, 0.05) is 4.88 Å². The fourth-order valence-corrected chi connectivity index (χ4v) is 2.53. The first-order chi connectivity index (χ1) is 7.35. The van der Waals surface area contributed by atoms with Crippen molar-refractivity contribution in [1.82, 2.24) is 0 Å². The zero-order valence-electron chi connectivity index (χ0n) is 8.73. The fourth-order valence-electron chi connectivity index (χ4n) is 1.61. The van der Waals surface area contributed by atoms with Crippen molar-refractivity contribution in [3.63, 3.8) is 0 Å². The van der Waals surface area contributed by atoms with Crippen LogP contribution in [0.5, 0.6) is 0 Å². The highest BCUT2D eigenvalue weighted by Crippen LogP contribution is 2.29. The van der Waals surface area contributed by atoms with Gasteiger partial charge in [-0.2, -0.15) is 0 Å². The first kappa shape index (κ1) is 10.4. The molecule has 1 nitrogen and oxygen atoms in total. The summed E-state index contributed by atoms with van der Waals surface area (Å²) in [5.41, 5.74) is 3.57. The number of hydrogen-bond acceptors (Lipinski definition) is 2. The summed E-state index contributed by atoms with van der Waals surface area (Å²) < 4.78 is 0. The molecule has 0 saturated carbocycles. The average Bonchev–Trinajstić information content (AvgIpc) is 2.77. The van der Waals surface area contributed by atoms with Crippen molar-refractivity contribution < 1.29 is 5.11 Å². The van der Waals surface area contributed by atoms with Crippen molar-refractivity contribution in [2.45, 2.75) is 20.0 Å². The van der Waals surface area contributed by atoms with E-state index >= 15 is 0 Å². The molecule has 1 aromatic carbocycles. The van der Waals surface area contributed by atoms with Gasteiger partial charge in [-0.05, 0) is 34.6 Å². The molecule has 0 fully saturated rings. The van der Waals surface area contributed by atoms with Crippen LogP contribution in [0.4, 0.5) is 0 Å². The van der Waals surface area contributed by atoms with E-state index in [0.717, 1.165) is 12.0 Å². The molecule has 0 aliphatic carbocycles. The maximum atomic E-state index is 9.18. The Balaban J connectivity index is 2.37. The van der Waals surface area contributed by atoms with Gasteiger partial charge in [0.15, 0.2) is 0 Å². The maximum Gasteiger partial charge on any atom is 0.0696 e. The highest BCUT2D eigenvalue weighted by atomic mass is 32.1. The van der Waals surface area contributed by atoms with Gasteiger partial charge < -0.3 is 5.11 Å². The van der Waals surface area contributed by atoms with E-state index in [1.54, 1.807) is 11.3 Å². The second-order valence-corrected chi connectivity index (χ2v) is 4.40. The van der Waals surface area contributed by atoms with Crippen LogP contribution >= 0.6 is 11.3 Å². The Morgan fingerprint density at radius 2 is 1.87 bits per heavy atom. The molecule has 0 amide bonds. The lowest BCUT2D eigenvalue weighted by atomic mass is 10.1. The van der Waals surface area contributed by atoms with Crippen molar-refractivity contribution in [3.8, 4) is 10.4 Å². The topological polar surface area (TPSA) is 20.2 Å². The van der Waals surface area contributed by atoms with Crippen LogP contribution in [-0.4, -0.2) is 5.11 Å². The number of aryl methyl sites for hydroxylation is 1. The minimum Gasteiger partial charge on any atom is -0.392 e. The van der Waals surface area contributed by atoms with Crippen molar-refractivity contribution >= 4 is 11.3 Å². The van der Waals surface area contributed by atoms with Crippen LogP contribution in [0.25, 0.3) is 10.4 Å². The van der Waals surface area contributed by atoms with E-state index in [1.165, 1.54) is 16.0 Å². The number of hydrogen-bond donors (Lipinski definition) is 1. The Labute approximate surface area is 94.0 Å². The Kier molecular flexibility index (Phi) is 3.19. The summed E-state index contributed by atoms with van der Waals surface area (Å²) >= 11 is 1.68. The van der Waals surface area contributed by atoms with E-state index in [-0.39, 0.29) is 6.61 Å². The minimum atomic E-state index is 0.119. The Bertz CT molecular complexity index is 428. The summed E-state index contributed by atoms with van der Waals surface area (Å²) in [6.07, 6.45) is 1.07. The van der Waals surface area contributed by atoms with Gasteiger partial charge in [-0.1, -0.05) is 31.2 Å². The summed E-state index contributed by atoms with van der Waals surface area (Å²) in [6.45, 7) is 2.27. The van der Waals surface area contributed by atoms with Crippen LogP contribution in [-0.2, 0) is 13.0 Å². The molecule has 0 spiro atoms. The Morgan fingerprint density at radius 3 is 2.47 bits per heavy atom. The normalized spacial score (nSPS) is 10.5. The molecule has 1 aromatic heterocycles. The lowest BCUT2D eigenvalue weighted by Crippen LogP contribution is -1.84. The lowest BCUT2D eigenvalue weighted by molar-refractivity contribution is 0.283. The third kappa shape index (κ3) is 2.11. The van der Waals surface area contributed by atoms with E-state index in [4.69, 9.17) is 0 Å². The van der Waals surface area contributed by atoms with Crippen molar-refractivity contribution in [3.05, 3.63) is 46.8 Å². The second-order valence-electron chi connectivity index (χ2n) is 3.48. The molecule has 15 heavy (non-hydrogen) atoms. The zero-order chi connectivity index (χ0) is 10.7. The second kappa shape index (κ2) is 4.60. The van der Waals surface area contributed by atoms with Crippen molar-refractivity contribution in [2.75, 3.05) is 0 Å². The molecule has 2 rings (SSSR count). The van der Waals surface area contributed by atoms with Crippen LogP contribution in [0.2, 0.25) is 0 Å². The van der Waals surface area contributed by atoms with E-state index in [9.17, 15) is 5.11 Å². The minimum absolute atomic E-state index is 0.119. The molecular formula is C13H14OS. The molecule has 1 N–H and O–H groups in total. The van der Waals surface area contributed by atoms with Gasteiger partial charge in [-0.15, -0.1) is 11.3 Å². The van der Waals surface area contributed by atoms with Gasteiger partial charge in [0.25, 0.3) is 0 Å². The van der Waals surface area contributed by atoms with Gasteiger partial charge in [0.2, 0.25) is 0 Å². The maximum absolute atomic E-state index is 9.18. The number of thiophene rings is 1. The average molecular weight is 218 g/mol. The summed E-state index contributed by atoms with van der Waals surface area (Å²) in [6, 6.07) is 10.5. The van der Waals surface area contributed by atoms with Gasteiger partial charge in [0.1, 0.15) is 0 Å².